The molecule has 0 radical (unpaired) electrons. The lowest BCUT2D eigenvalue weighted by Gasteiger charge is -2.34. The molecule has 0 amide bonds. The van der Waals surface area contributed by atoms with Crippen LogP contribution in [0.2, 0.25) is 0 Å². The van der Waals surface area contributed by atoms with Gasteiger partial charge in [0.05, 0.1) is 6.10 Å². The molecule has 1 aromatic heterocycles. The quantitative estimate of drug-likeness (QED) is 0.866. The number of hydrogen-bond acceptors (Lipinski definition) is 5. The van der Waals surface area contributed by atoms with E-state index >= 15 is 0 Å². The summed E-state index contributed by atoms with van der Waals surface area (Å²) in [5.74, 6) is 1.31. The summed E-state index contributed by atoms with van der Waals surface area (Å²) in [4.78, 5) is 8.87. The molecule has 2 heterocycles. The number of aryl methyl sites for hydroxylation is 1. The smallest absolute Gasteiger partial charge is 0.226 e. The van der Waals surface area contributed by atoms with E-state index in [2.05, 4.69) is 27.5 Å². The van der Waals surface area contributed by atoms with E-state index in [1.807, 2.05) is 26.8 Å². The first-order valence-electron chi connectivity index (χ1n) is 7.44. The van der Waals surface area contributed by atoms with Gasteiger partial charge in [-0.2, -0.15) is 4.98 Å². The highest BCUT2D eigenvalue weighted by Crippen LogP contribution is 2.28. The van der Waals surface area contributed by atoms with Gasteiger partial charge in [0.15, 0.2) is 0 Å². The van der Waals surface area contributed by atoms with Crippen LogP contribution in [0.1, 0.15) is 39.3 Å². The van der Waals surface area contributed by atoms with E-state index in [4.69, 9.17) is 4.74 Å². The lowest BCUT2D eigenvalue weighted by Crippen LogP contribution is -2.39. The van der Waals surface area contributed by atoms with Gasteiger partial charge in [-0.3, -0.25) is 0 Å². The Morgan fingerprint density at radius 1 is 1.35 bits per heavy atom. The number of ether oxygens (including phenoxy) is 1. The van der Waals surface area contributed by atoms with Gasteiger partial charge in [-0.1, -0.05) is 6.92 Å². The number of hydrogen-bond donors (Lipinski definition) is 2. The van der Waals surface area contributed by atoms with E-state index in [0.29, 0.717) is 17.2 Å². The Morgan fingerprint density at radius 2 is 2.05 bits per heavy atom. The Morgan fingerprint density at radius 3 is 2.70 bits per heavy atom. The molecule has 0 unspecified atom stereocenters. The molecule has 0 bridgehead atoms. The van der Waals surface area contributed by atoms with Crippen LogP contribution in [0.4, 0.5) is 5.95 Å². The predicted octanol–water partition coefficient (Wildman–Crippen LogP) is 2.37. The largest absolute Gasteiger partial charge is 0.475 e. The van der Waals surface area contributed by atoms with Crippen molar-refractivity contribution < 1.29 is 4.74 Å². The number of piperidine rings is 1. The maximum Gasteiger partial charge on any atom is 0.226 e. The minimum Gasteiger partial charge on any atom is -0.475 e. The molecule has 2 N–H and O–H groups in total. The van der Waals surface area contributed by atoms with E-state index in [0.717, 1.165) is 25.3 Å². The third-order valence-corrected chi connectivity index (χ3v) is 3.67. The minimum atomic E-state index is 0.124. The van der Waals surface area contributed by atoms with Crippen LogP contribution in [0.3, 0.4) is 0 Å². The van der Waals surface area contributed by atoms with Crippen molar-refractivity contribution in [3.05, 3.63) is 11.8 Å². The lowest BCUT2D eigenvalue weighted by molar-refractivity contribution is 0.231. The van der Waals surface area contributed by atoms with Crippen LogP contribution >= 0.6 is 0 Å². The van der Waals surface area contributed by atoms with Crippen molar-refractivity contribution in [2.75, 3.05) is 25.0 Å². The van der Waals surface area contributed by atoms with Crippen LogP contribution in [0.5, 0.6) is 5.88 Å². The van der Waals surface area contributed by atoms with Gasteiger partial charge in [0, 0.05) is 18.3 Å². The molecule has 1 aromatic rings. The van der Waals surface area contributed by atoms with Gasteiger partial charge in [-0.15, -0.1) is 0 Å². The molecule has 1 aliphatic rings. The molecule has 1 saturated heterocycles. The highest BCUT2D eigenvalue weighted by Gasteiger charge is 2.26. The summed E-state index contributed by atoms with van der Waals surface area (Å²) in [6.45, 7) is 11.4. The lowest BCUT2D eigenvalue weighted by atomic mass is 9.81. The summed E-state index contributed by atoms with van der Waals surface area (Å²) in [6.07, 6.45) is 2.49. The van der Waals surface area contributed by atoms with E-state index < -0.39 is 0 Å². The molecular formula is C15H26N4O. The Bertz CT molecular complexity index is 441. The number of nitrogens with one attached hydrogen (secondary N) is 2. The average molecular weight is 278 g/mol. The van der Waals surface area contributed by atoms with Crippen LogP contribution in [-0.4, -0.2) is 35.7 Å². The van der Waals surface area contributed by atoms with Crippen molar-refractivity contribution >= 4 is 5.95 Å². The first-order chi connectivity index (χ1) is 9.47. The predicted molar refractivity (Wildman–Crippen MR) is 81.2 cm³/mol. The average Bonchev–Trinajstić information content (AvgIpc) is 2.36. The molecule has 1 aliphatic heterocycles. The number of rotatable bonds is 5. The molecule has 0 aromatic carbocycles. The minimum absolute atomic E-state index is 0.124. The van der Waals surface area contributed by atoms with Crippen molar-refractivity contribution in [1.29, 1.82) is 0 Å². The molecule has 0 saturated carbocycles. The first-order valence-corrected chi connectivity index (χ1v) is 7.44. The molecule has 5 heteroatoms. The van der Waals surface area contributed by atoms with Crippen molar-refractivity contribution in [3.63, 3.8) is 0 Å². The third-order valence-electron chi connectivity index (χ3n) is 3.67. The van der Waals surface area contributed by atoms with Gasteiger partial charge in [0.2, 0.25) is 11.8 Å². The zero-order chi connectivity index (χ0) is 14.6. The molecule has 2 rings (SSSR count). The molecule has 5 nitrogen and oxygen atoms in total. The van der Waals surface area contributed by atoms with Gasteiger partial charge in [0.1, 0.15) is 0 Å². The number of aromatic nitrogens is 2. The first kappa shape index (κ1) is 15.0. The summed E-state index contributed by atoms with van der Waals surface area (Å²) in [5, 5.41) is 6.78. The van der Waals surface area contributed by atoms with E-state index in [1.54, 1.807) is 0 Å². The summed E-state index contributed by atoms with van der Waals surface area (Å²) >= 11 is 0. The second kappa shape index (κ2) is 6.39. The van der Waals surface area contributed by atoms with Crippen LogP contribution in [0, 0.1) is 12.3 Å². The summed E-state index contributed by atoms with van der Waals surface area (Å²) < 4.78 is 5.65. The summed E-state index contributed by atoms with van der Waals surface area (Å²) in [6, 6.07) is 1.87. The zero-order valence-electron chi connectivity index (χ0n) is 13.0. The molecule has 0 spiro atoms. The van der Waals surface area contributed by atoms with Gasteiger partial charge < -0.3 is 15.4 Å². The molecule has 20 heavy (non-hydrogen) atoms. The van der Waals surface area contributed by atoms with Crippen molar-refractivity contribution in [1.82, 2.24) is 15.3 Å². The SMILES string of the molecule is Cc1cc(OC(C)C)nc(NCC2(C)CCNCC2)n1. The maximum atomic E-state index is 5.65. The van der Waals surface area contributed by atoms with Crippen molar-refractivity contribution in [3.8, 4) is 5.88 Å². The van der Waals surface area contributed by atoms with Crippen LogP contribution < -0.4 is 15.4 Å². The van der Waals surface area contributed by atoms with Gasteiger partial charge in [0.25, 0.3) is 0 Å². The second-order valence-electron chi connectivity index (χ2n) is 6.25. The van der Waals surface area contributed by atoms with E-state index in [-0.39, 0.29) is 6.10 Å². The Labute approximate surface area is 121 Å². The standard InChI is InChI=1S/C15H26N4O/c1-11(2)20-13-9-12(3)18-14(19-13)17-10-15(4)5-7-16-8-6-15/h9,11,16H,5-8,10H2,1-4H3,(H,17,18,19). The van der Waals surface area contributed by atoms with E-state index in [1.165, 1.54) is 12.8 Å². The topological polar surface area (TPSA) is 59.1 Å². The van der Waals surface area contributed by atoms with Crippen molar-refractivity contribution in [2.24, 2.45) is 5.41 Å². The Hall–Kier alpha value is -1.36. The fourth-order valence-electron chi connectivity index (χ4n) is 2.42. The fraction of sp³-hybridized carbons (Fsp3) is 0.733. The molecular weight excluding hydrogens is 252 g/mol. The van der Waals surface area contributed by atoms with Crippen LogP contribution in [0.15, 0.2) is 6.07 Å². The van der Waals surface area contributed by atoms with Crippen LogP contribution in [0.25, 0.3) is 0 Å². The summed E-state index contributed by atoms with van der Waals surface area (Å²) in [5.41, 5.74) is 1.24. The Kier molecular flexibility index (Phi) is 4.81. The highest BCUT2D eigenvalue weighted by molar-refractivity contribution is 5.31. The molecule has 112 valence electrons. The normalized spacial score (nSPS) is 18.1. The number of nitrogens with zero attached hydrogens (tertiary/aromatic N) is 2. The monoisotopic (exact) mass is 278 g/mol. The van der Waals surface area contributed by atoms with E-state index in [9.17, 15) is 0 Å². The number of anilines is 1. The molecule has 0 aliphatic carbocycles. The van der Waals surface area contributed by atoms with Gasteiger partial charge >= 0.3 is 0 Å². The van der Waals surface area contributed by atoms with Crippen molar-refractivity contribution in [2.45, 2.75) is 46.6 Å². The summed E-state index contributed by atoms with van der Waals surface area (Å²) in [7, 11) is 0. The zero-order valence-corrected chi connectivity index (χ0v) is 13.0. The highest BCUT2D eigenvalue weighted by atomic mass is 16.5. The Balaban J connectivity index is 1.99. The van der Waals surface area contributed by atoms with Crippen LogP contribution in [-0.2, 0) is 0 Å². The third kappa shape index (κ3) is 4.34. The maximum absolute atomic E-state index is 5.65. The fourth-order valence-corrected chi connectivity index (χ4v) is 2.42. The van der Waals surface area contributed by atoms with Gasteiger partial charge in [-0.25, -0.2) is 4.98 Å². The molecule has 0 atom stereocenters. The second-order valence-corrected chi connectivity index (χ2v) is 6.25. The molecule has 1 fully saturated rings. The van der Waals surface area contributed by atoms with Gasteiger partial charge in [-0.05, 0) is 52.1 Å².